The van der Waals surface area contributed by atoms with Crippen LogP contribution in [0.5, 0.6) is 0 Å². The van der Waals surface area contributed by atoms with Gasteiger partial charge in [-0.15, -0.1) is 0 Å². The molecule has 1 aliphatic rings. The average molecular weight is 607 g/mol. The molecule has 0 radical (unpaired) electrons. The summed E-state index contributed by atoms with van der Waals surface area (Å²) in [7, 11) is -8.43. The maximum absolute atomic E-state index is 7.21. The molecule has 0 aromatic carbocycles. The molecule has 5 nitrogen and oxygen atoms in total. The van der Waals surface area contributed by atoms with Crippen LogP contribution in [0.1, 0.15) is 83.1 Å². The molecule has 0 aromatic heterocycles. The molecule has 228 valence electrons. The summed E-state index contributed by atoms with van der Waals surface area (Å²) >= 11 is 0. The predicted octanol–water partition coefficient (Wildman–Crippen LogP) is 9.54. The monoisotopic (exact) mass is 606 g/mol. The van der Waals surface area contributed by atoms with Crippen molar-refractivity contribution in [3.63, 3.8) is 0 Å². The summed E-state index contributed by atoms with van der Waals surface area (Å²) in [6, 6.07) is 0. The minimum Gasteiger partial charge on any atom is -0.414 e. The first-order chi connectivity index (χ1) is 16.4. The maximum Gasteiger partial charge on any atom is 0.195 e. The molecule has 0 spiro atoms. The van der Waals surface area contributed by atoms with E-state index in [1.165, 1.54) is 0 Å². The standard InChI is InChI=1S/C29H66O5Si4/c1-26(2,3)35(13,14)30-21-22-23(32-36(15,16)27(4,5)6)24(33-37(17,18)28(7,8)9)25(31-22)34-38(19,20)29(10,11)12/h22-25H,21H2,1-20H3/t22-,23?,24?,25?/m0/s1. The van der Waals surface area contributed by atoms with Crippen molar-refractivity contribution < 1.29 is 22.4 Å². The van der Waals surface area contributed by atoms with E-state index in [4.69, 9.17) is 22.4 Å². The zero-order chi connectivity index (χ0) is 30.6. The Balaban J connectivity index is 3.61. The van der Waals surface area contributed by atoms with Crippen LogP contribution in [-0.2, 0) is 22.4 Å². The van der Waals surface area contributed by atoms with Gasteiger partial charge in [0.05, 0.1) is 6.61 Å². The lowest BCUT2D eigenvalue weighted by Crippen LogP contribution is -2.56. The van der Waals surface area contributed by atoms with Crippen LogP contribution >= 0.6 is 0 Å². The Morgan fingerprint density at radius 1 is 0.474 bits per heavy atom. The highest BCUT2D eigenvalue weighted by Crippen LogP contribution is 2.46. The van der Waals surface area contributed by atoms with Gasteiger partial charge in [-0.1, -0.05) is 83.1 Å². The van der Waals surface area contributed by atoms with Crippen LogP contribution in [0.3, 0.4) is 0 Å². The van der Waals surface area contributed by atoms with E-state index in [2.05, 4.69) is 135 Å². The van der Waals surface area contributed by atoms with Crippen molar-refractivity contribution in [2.75, 3.05) is 6.61 Å². The Kier molecular flexibility index (Phi) is 11.0. The molecule has 1 saturated heterocycles. The largest absolute Gasteiger partial charge is 0.414 e. The summed E-state index contributed by atoms with van der Waals surface area (Å²) in [6.45, 7) is 46.4. The Labute approximate surface area is 242 Å². The van der Waals surface area contributed by atoms with Gasteiger partial charge < -0.3 is 22.4 Å². The molecule has 0 amide bonds. The molecule has 1 heterocycles. The molecule has 0 bridgehead atoms. The van der Waals surface area contributed by atoms with Crippen molar-refractivity contribution in [1.29, 1.82) is 0 Å². The van der Waals surface area contributed by atoms with E-state index in [1.807, 2.05) is 0 Å². The van der Waals surface area contributed by atoms with E-state index in [9.17, 15) is 0 Å². The van der Waals surface area contributed by atoms with Gasteiger partial charge in [-0.2, -0.15) is 0 Å². The van der Waals surface area contributed by atoms with Crippen LogP contribution in [0.15, 0.2) is 0 Å². The Hall–Kier alpha value is 0.668. The minimum atomic E-state index is -2.16. The zero-order valence-electron chi connectivity index (χ0n) is 29.1. The Morgan fingerprint density at radius 2 is 0.789 bits per heavy atom. The summed E-state index contributed by atoms with van der Waals surface area (Å²) < 4.78 is 35.0. The van der Waals surface area contributed by atoms with Gasteiger partial charge in [0.2, 0.25) is 0 Å². The molecule has 0 aromatic rings. The molecule has 0 aliphatic carbocycles. The molecule has 1 aliphatic heterocycles. The normalized spacial score (nSPS) is 25.3. The van der Waals surface area contributed by atoms with Crippen molar-refractivity contribution in [1.82, 2.24) is 0 Å². The van der Waals surface area contributed by atoms with Crippen molar-refractivity contribution in [2.45, 2.75) is 180 Å². The summed E-state index contributed by atoms with van der Waals surface area (Å²) in [5.74, 6) is 0. The average Bonchev–Trinajstić information content (AvgIpc) is 2.91. The van der Waals surface area contributed by atoms with Gasteiger partial charge in [0.15, 0.2) is 39.6 Å². The fourth-order valence-corrected chi connectivity index (χ4v) is 7.93. The quantitative estimate of drug-likeness (QED) is 0.245. The van der Waals surface area contributed by atoms with Crippen molar-refractivity contribution >= 4 is 33.3 Å². The Morgan fingerprint density at radius 3 is 1.13 bits per heavy atom. The number of hydrogen-bond donors (Lipinski definition) is 0. The van der Waals surface area contributed by atoms with Crippen LogP contribution in [0.25, 0.3) is 0 Å². The number of hydrogen-bond acceptors (Lipinski definition) is 5. The second-order valence-corrected chi connectivity index (χ2v) is 36.8. The highest BCUT2D eigenvalue weighted by atomic mass is 28.4. The first-order valence-electron chi connectivity index (χ1n) is 14.7. The maximum atomic E-state index is 7.21. The van der Waals surface area contributed by atoms with E-state index in [-0.39, 0.29) is 38.5 Å². The van der Waals surface area contributed by atoms with Crippen LogP contribution in [-0.4, -0.2) is 64.5 Å². The van der Waals surface area contributed by atoms with Crippen molar-refractivity contribution in [3.05, 3.63) is 0 Å². The van der Waals surface area contributed by atoms with Crippen LogP contribution in [0.4, 0.5) is 0 Å². The van der Waals surface area contributed by atoms with Gasteiger partial charge in [0.1, 0.15) is 18.3 Å². The van der Waals surface area contributed by atoms with E-state index < -0.39 is 39.6 Å². The predicted molar refractivity (Wildman–Crippen MR) is 174 cm³/mol. The fraction of sp³-hybridized carbons (Fsp3) is 1.00. The molecule has 3 unspecified atom stereocenters. The van der Waals surface area contributed by atoms with Crippen molar-refractivity contribution in [3.8, 4) is 0 Å². The highest BCUT2D eigenvalue weighted by molar-refractivity contribution is 6.75. The molecule has 9 heteroatoms. The van der Waals surface area contributed by atoms with E-state index in [1.54, 1.807) is 0 Å². The number of rotatable bonds is 9. The molecule has 0 N–H and O–H groups in total. The molecule has 4 atom stereocenters. The van der Waals surface area contributed by atoms with Crippen LogP contribution in [0, 0.1) is 0 Å². The second kappa shape index (κ2) is 11.4. The van der Waals surface area contributed by atoms with E-state index >= 15 is 0 Å². The molecule has 38 heavy (non-hydrogen) atoms. The summed E-state index contributed by atoms with van der Waals surface area (Å²) in [5, 5.41) is 0.308. The van der Waals surface area contributed by atoms with E-state index in [0.29, 0.717) is 6.61 Å². The fourth-order valence-electron chi connectivity index (χ4n) is 3.20. The third-order valence-corrected chi connectivity index (χ3v) is 28.3. The number of ether oxygens (including phenoxy) is 1. The lowest BCUT2D eigenvalue weighted by Gasteiger charge is -2.45. The third-order valence-electron chi connectivity index (χ3n) is 10.4. The Bertz CT molecular complexity index is 783. The second-order valence-electron chi connectivity index (χ2n) is 17.7. The molecule has 1 fully saturated rings. The summed E-state index contributed by atoms with van der Waals surface area (Å²) in [6.07, 6.45) is -1.22. The molecular formula is C29H66O5Si4. The topological polar surface area (TPSA) is 46.2 Å². The first-order valence-corrected chi connectivity index (χ1v) is 26.3. The molecule has 0 saturated carbocycles. The lowest BCUT2D eigenvalue weighted by molar-refractivity contribution is -0.120. The SMILES string of the molecule is CC(C)(C)[Si](C)(C)OC[C@@H]1OC(O[Si](C)(C)C(C)(C)C)C(O[Si](C)(C)C(C)(C)C)C1O[Si](C)(C)C(C)(C)C. The minimum absolute atomic E-state index is 0.0589. The smallest absolute Gasteiger partial charge is 0.195 e. The molecule has 1 rings (SSSR count). The van der Waals surface area contributed by atoms with Gasteiger partial charge in [0, 0.05) is 0 Å². The highest BCUT2D eigenvalue weighted by Gasteiger charge is 2.56. The van der Waals surface area contributed by atoms with Gasteiger partial charge in [-0.3, -0.25) is 0 Å². The van der Waals surface area contributed by atoms with Gasteiger partial charge in [-0.05, 0) is 72.5 Å². The first kappa shape index (κ1) is 36.7. The lowest BCUT2D eigenvalue weighted by atomic mass is 10.1. The van der Waals surface area contributed by atoms with Crippen molar-refractivity contribution in [2.24, 2.45) is 0 Å². The van der Waals surface area contributed by atoms with Gasteiger partial charge in [0.25, 0.3) is 0 Å². The van der Waals surface area contributed by atoms with Crippen LogP contribution in [0.2, 0.25) is 72.5 Å². The van der Waals surface area contributed by atoms with Gasteiger partial charge in [-0.25, -0.2) is 0 Å². The summed E-state index contributed by atoms with van der Waals surface area (Å²) in [4.78, 5) is 0. The van der Waals surface area contributed by atoms with Gasteiger partial charge >= 0.3 is 0 Å². The summed E-state index contributed by atoms with van der Waals surface area (Å²) in [5.41, 5.74) is 0. The molecular weight excluding hydrogens is 541 g/mol. The van der Waals surface area contributed by atoms with Crippen LogP contribution < -0.4 is 0 Å². The van der Waals surface area contributed by atoms with E-state index in [0.717, 1.165) is 0 Å². The third kappa shape index (κ3) is 8.60. The zero-order valence-corrected chi connectivity index (χ0v) is 33.1.